The zero-order valence-electron chi connectivity index (χ0n) is 35.5. The van der Waals surface area contributed by atoms with Gasteiger partial charge in [-0.25, -0.2) is 4.98 Å². The number of nitrogens with zero attached hydrogens (tertiary/aromatic N) is 4. The molecule has 0 spiro atoms. The minimum atomic E-state index is 0.523. The lowest BCUT2D eigenvalue weighted by Gasteiger charge is -2.34. The highest BCUT2D eigenvalue weighted by molar-refractivity contribution is 7.21. The number of aromatic nitrogens is 2. The van der Waals surface area contributed by atoms with Gasteiger partial charge in [-0.15, -0.1) is 11.3 Å². The van der Waals surface area contributed by atoms with Gasteiger partial charge in [0.1, 0.15) is 16.5 Å². The van der Waals surface area contributed by atoms with Crippen LogP contribution in [0.1, 0.15) is 51.4 Å². The molecule has 0 saturated carbocycles. The molecule has 0 aliphatic carbocycles. The number of methoxy groups -OCH3 is 4. The number of fused-ring (bicyclic) bond motifs is 1. The topological polar surface area (TPSA) is 101 Å². The van der Waals surface area contributed by atoms with Crippen LogP contribution in [0.5, 0.6) is 34.5 Å². The quantitative estimate of drug-likeness (QED) is 0.0577. The zero-order chi connectivity index (χ0) is 41.5. The van der Waals surface area contributed by atoms with Crippen LogP contribution >= 0.6 is 11.3 Å². The summed E-state index contributed by atoms with van der Waals surface area (Å²) in [5.74, 6) is 4.53. The van der Waals surface area contributed by atoms with Gasteiger partial charge in [0.05, 0.1) is 51.9 Å². The highest BCUT2D eigenvalue weighted by atomic mass is 32.1. The number of rotatable bonds is 23. The second-order valence-corrected chi connectivity index (χ2v) is 16.1. The van der Waals surface area contributed by atoms with Crippen molar-refractivity contribution >= 4 is 21.6 Å². The molecule has 60 heavy (non-hydrogen) atoms. The van der Waals surface area contributed by atoms with E-state index in [0.29, 0.717) is 46.8 Å². The summed E-state index contributed by atoms with van der Waals surface area (Å²) in [5.41, 5.74) is 4.45. The Labute approximate surface area is 358 Å². The zero-order valence-corrected chi connectivity index (χ0v) is 36.3. The minimum absolute atomic E-state index is 0.523. The first-order chi connectivity index (χ1) is 29.5. The molecule has 12 heteroatoms. The molecule has 7 rings (SSSR count). The van der Waals surface area contributed by atoms with E-state index in [4.69, 9.17) is 37.9 Å². The Hall–Kier alpha value is -5.30. The Balaban J connectivity index is 0.737. The van der Waals surface area contributed by atoms with Crippen LogP contribution in [0.2, 0.25) is 0 Å². The van der Waals surface area contributed by atoms with Crippen molar-refractivity contribution in [2.45, 2.75) is 51.4 Å². The molecule has 2 aromatic heterocycles. The number of ether oxygens (including phenoxy) is 6. The summed E-state index contributed by atoms with van der Waals surface area (Å²) >= 11 is 1.73. The van der Waals surface area contributed by atoms with Crippen LogP contribution in [0.15, 0.2) is 89.5 Å². The van der Waals surface area contributed by atoms with E-state index >= 15 is 0 Å². The second kappa shape index (κ2) is 21.8. The van der Waals surface area contributed by atoms with Crippen LogP contribution in [-0.4, -0.2) is 101 Å². The molecule has 318 valence electrons. The molecule has 0 unspecified atom stereocenters. The maximum atomic E-state index is 6.22. The van der Waals surface area contributed by atoms with Gasteiger partial charge in [0.25, 0.3) is 0 Å². The van der Waals surface area contributed by atoms with Crippen molar-refractivity contribution in [3.8, 4) is 67.6 Å². The number of unbranched alkanes of at least 4 members (excludes halogenated alkanes) is 6. The summed E-state index contributed by atoms with van der Waals surface area (Å²) in [4.78, 5) is 10.1. The first-order valence-electron chi connectivity index (χ1n) is 21.2. The monoisotopic (exact) mass is 834 g/mol. The van der Waals surface area contributed by atoms with E-state index in [2.05, 4.69) is 51.4 Å². The molecule has 4 aromatic carbocycles. The first kappa shape index (κ1) is 42.8. The molecule has 1 aliphatic rings. The lowest BCUT2D eigenvalue weighted by atomic mass is 10.1. The maximum absolute atomic E-state index is 6.22. The Morgan fingerprint density at radius 2 is 1.22 bits per heavy atom. The minimum Gasteiger partial charge on any atom is -0.494 e. The van der Waals surface area contributed by atoms with Crippen LogP contribution < -0.4 is 28.4 Å². The fourth-order valence-corrected chi connectivity index (χ4v) is 8.59. The van der Waals surface area contributed by atoms with Gasteiger partial charge in [-0.3, -0.25) is 0 Å². The van der Waals surface area contributed by atoms with Crippen LogP contribution in [0.25, 0.3) is 43.4 Å². The van der Waals surface area contributed by atoms with Crippen LogP contribution in [-0.2, 0) is 0 Å². The third-order valence-corrected chi connectivity index (χ3v) is 12.1. The Bertz CT molecular complexity index is 2190. The first-order valence-corrected chi connectivity index (χ1v) is 22.0. The molecule has 3 heterocycles. The fourth-order valence-electron chi connectivity index (χ4n) is 7.62. The number of para-hydroxylation sites is 1. The van der Waals surface area contributed by atoms with E-state index in [0.717, 1.165) is 58.8 Å². The number of hydrogen-bond donors (Lipinski definition) is 0. The van der Waals surface area contributed by atoms with E-state index in [1.54, 1.807) is 39.8 Å². The maximum Gasteiger partial charge on any atom is 0.203 e. The normalized spacial score (nSPS) is 13.4. The van der Waals surface area contributed by atoms with Crippen LogP contribution in [0, 0.1) is 0 Å². The van der Waals surface area contributed by atoms with Gasteiger partial charge in [-0.05, 0) is 93.4 Å². The highest BCUT2D eigenvalue weighted by Gasteiger charge is 2.19. The largest absolute Gasteiger partial charge is 0.494 e. The van der Waals surface area contributed by atoms with Crippen molar-refractivity contribution in [3.05, 3.63) is 84.9 Å². The van der Waals surface area contributed by atoms with Crippen LogP contribution in [0.4, 0.5) is 0 Å². The summed E-state index contributed by atoms with van der Waals surface area (Å²) in [6.45, 7) is 8.41. The lowest BCUT2D eigenvalue weighted by molar-refractivity contribution is 0.128. The Morgan fingerprint density at radius 1 is 0.567 bits per heavy atom. The number of thiazole rings is 1. The predicted octanol–water partition coefficient (Wildman–Crippen LogP) is 10.5. The molecule has 0 bridgehead atoms. The van der Waals surface area contributed by atoms with Crippen molar-refractivity contribution in [1.29, 1.82) is 0 Å². The molecular weight excluding hydrogens is 777 g/mol. The molecule has 0 amide bonds. The number of hydrogen-bond acceptors (Lipinski definition) is 12. The van der Waals surface area contributed by atoms with E-state index in [1.807, 2.05) is 48.5 Å². The third-order valence-electron chi connectivity index (χ3n) is 11.0. The fraction of sp³-hybridized carbons (Fsp3) is 0.417. The standard InChI is InChI=1S/C48H58N4O7S/c1-53-41-21-20-35(42-34-40(50-59-42)37-32-44(54-2)47(56-4)45(33-37)55-3)31-43(41)58-29-14-8-6-12-23-52-26-24-51(25-27-52)22-11-5-7-13-28-57-38-17-15-16-36(30-38)48-49-39-18-9-10-19-46(39)60-48/h9-10,15-21,30-34H,5-8,11-14,22-29H2,1-4H3. The molecule has 0 radical (unpaired) electrons. The van der Waals surface area contributed by atoms with Crippen molar-refractivity contribution in [1.82, 2.24) is 19.9 Å². The molecule has 1 aliphatic heterocycles. The molecule has 1 fully saturated rings. The average molecular weight is 835 g/mol. The van der Waals surface area contributed by atoms with Crippen molar-refractivity contribution in [2.24, 2.45) is 0 Å². The van der Waals surface area contributed by atoms with E-state index in [9.17, 15) is 0 Å². The molecule has 0 N–H and O–H groups in total. The summed E-state index contributed by atoms with van der Waals surface area (Å²) < 4.78 is 41.4. The molecular formula is C48H58N4O7S. The predicted molar refractivity (Wildman–Crippen MR) is 239 cm³/mol. The third kappa shape index (κ3) is 11.3. The van der Waals surface area contributed by atoms with Gasteiger partial charge < -0.3 is 42.7 Å². The van der Waals surface area contributed by atoms with Crippen molar-refractivity contribution < 1.29 is 32.9 Å². The highest BCUT2D eigenvalue weighted by Crippen LogP contribution is 2.42. The van der Waals surface area contributed by atoms with E-state index in [1.165, 1.54) is 76.1 Å². The van der Waals surface area contributed by atoms with Gasteiger partial charge in [-0.1, -0.05) is 55.1 Å². The average Bonchev–Trinajstić information content (AvgIpc) is 3.97. The van der Waals surface area contributed by atoms with Crippen LogP contribution in [0.3, 0.4) is 0 Å². The van der Waals surface area contributed by atoms with Gasteiger partial charge in [0.15, 0.2) is 28.8 Å². The SMILES string of the molecule is COc1ccc(-c2cc(-c3cc(OC)c(OC)c(OC)c3)no2)cc1OCCCCCCN1CCN(CCCCCCOc2cccc(-c3nc4ccccc4s3)c2)CC1. The van der Waals surface area contributed by atoms with Gasteiger partial charge in [-0.2, -0.15) is 0 Å². The summed E-state index contributed by atoms with van der Waals surface area (Å²) in [7, 11) is 6.42. The Kier molecular flexibility index (Phi) is 15.6. The smallest absolute Gasteiger partial charge is 0.203 e. The van der Waals surface area contributed by atoms with Crippen molar-refractivity contribution in [2.75, 3.05) is 80.9 Å². The van der Waals surface area contributed by atoms with E-state index in [-0.39, 0.29) is 0 Å². The number of benzene rings is 4. The number of piperazine rings is 1. The second-order valence-electron chi connectivity index (χ2n) is 15.1. The van der Waals surface area contributed by atoms with Crippen molar-refractivity contribution in [3.63, 3.8) is 0 Å². The summed E-state index contributed by atoms with van der Waals surface area (Å²) in [5, 5.41) is 5.36. The van der Waals surface area contributed by atoms with Gasteiger partial charge in [0.2, 0.25) is 5.75 Å². The Morgan fingerprint density at radius 3 is 1.88 bits per heavy atom. The molecule has 11 nitrogen and oxygen atoms in total. The van der Waals surface area contributed by atoms with Gasteiger partial charge >= 0.3 is 0 Å². The molecule has 6 aromatic rings. The van der Waals surface area contributed by atoms with Gasteiger partial charge in [0, 0.05) is 48.9 Å². The summed E-state index contributed by atoms with van der Waals surface area (Å²) in [6.07, 6.45) is 9.31. The lowest BCUT2D eigenvalue weighted by Crippen LogP contribution is -2.46. The van der Waals surface area contributed by atoms with E-state index < -0.39 is 0 Å². The molecule has 1 saturated heterocycles. The summed E-state index contributed by atoms with van der Waals surface area (Å²) in [6, 6.07) is 28.0. The molecule has 0 atom stereocenters.